The molecule has 2 aromatic carbocycles. The molecule has 0 fully saturated rings. The van der Waals surface area contributed by atoms with Crippen LogP contribution in [0.2, 0.25) is 0 Å². The zero-order chi connectivity index (χ0) is 16.7. The number of phenolic OH excluding ortho intramolecular Hbond substituents is 1. The number of hydrogen-bond acceptors (Lipinski definition) is 4. The Morgan fingerprint density at radius 1 is 1.30 bits per heavy atom. The Labute approximate surface area is 135 Å². The van der Waals surface area contributed by atoms with Crippen LogP contribution in [0, 0.1) is 11.3 Å². The summed E-state index contributed by atoms with van der Waals surface area (Å²) in [6, 6.07) is 15.6. The predicted molar refractivity (Wildman–Crippen MR) is 86.1 cm³/mol. The Balaban J connectivity index is 1.79. The maximum atomic E-state index is 12.0. The number of carbonyl (C=O) groups excluding carboxylic acids is 1. The first kappa shape index (κ1) is 16.4. The van der Waals surface area contributed by atoms with Crippen molar-refractivity contribution >= 4 is 5.91 Å². The maximum absolute atomic E-state index is 12.0. The van der Waals surface area contributed by atoms with Gasteiger partial charge in [-0.15, -0.1) is 0 Å². The van der Waals surface area contributed by atoms with Gasteiger partial charge < -0.3 is 15.2 Å². The zero-order valence-corrected chi connectivity index (χ0v) is 12.8. The van der Waals surface area contributed by atoms with Crippen LogP contribution in [-0.4, -0.2) is 23.7 Å². The van der Waals surface area contributed by atoms with E-state index in [0.29, 0.717) is 24.3 Å². The number of nitriles is 1. The number of hydrogen-bond donors (Lipinski definition) is 2. The SMILES string of the molecule is CC(Oc1ccc(C#N)cc1)C(=O)NCCc1cccc(O)c1. The first-order valence-corrected chi connectivity index (χ1v) is 7.31. The Morgan fingerprint density at radius 2 is 2.04 bits per heavy atom. The van der Waals surface area contributed by atoms with Crippen LogP contribution < -0.4 is 10.1 Å². The molecule has 0 aliphatic rings. The number of benzene rings is 2. The summed E-state index contributed by atoms with van der Waals surface area (Å²) in [7, 11) is 0. The molecule has 23 heavy (non-hydrogen) atoms. The van der Waals surface area contributed by atoms with E-state index in [0.717, 1.165) is 5.56 Å². The van der Waals surface area contributed by atoms with Gasteiger partial charge in [0.15, 0.2) is 6.10 Å². The smallest absolute Gasteiger partial charge is 0.260 e. The van der Waals surface area contributed by atoms with Crippen molar-refractivity contribution in [2.24, 2.45) is 0 Å². The van der Waals surface area contributed by atoms with Gasteiger partial charge in [-0.3, -0.25) is 4.79 Å². The molecule has 0 radical (unpaired) electrons. The van der Waals surface area contributed by atoms with Crippen LogP contribution in [0.4, 0.5) is 0 Å². The topological polar surface area (TPSA) is 82.3 Å². The minimum atomic E-state index is -0.632. The minimum Gasteiger partial charge on any atom is -0.508 e. The van der Waals surface area contributed by atoms with Crippen LogP contribution in [0.3, 0.4) is 0 Å². The van der Waals surface area contributed by atoms with E-state index in [1.165, 1.54) is 0 Å². The second-order valence-corrected chi connectivity index (χ2v) is 5.11. The highest BCUT2D eigenvalue weighted by Crippen LogP contribution is 2.14. The highest BCUT2D eigenvalue weighted by molar-refractivity contribution is 5.80. The number of rotatable bonds is 6. The normalized spacial score (nSPS) is 11.3. The third-order valence-electron chi connectivity index (χ3n) is 3.29. The number of nitrogens with one attached hydrogen (secondary N) is 1. The lowest BCUT2D eigenvalue weighted by Gasteiger charge is -2.14. The molecule has 0 aliphatic heterocycles. The average molecular weight is 310 g/mol. The molecule has 0 heterocycles. The molecule has 2 N–H and O–H groups in total. The van der Waals surface area contributed by atoms with Crippen molar-refractivity contribution in [1.82, 2.24) is 5.32 Å². The quantitative estimate of drug-likeness (QED) is 0.858. The van der Waals surface area contributed by atoms with Crippen LogP contribution in [0.1, 0.15) is 18.1 Å². The first-order chi connectivity index (χ1) is 11.1. The van der Waals surface area contributed by atoms with E-state index < -0.39 is 6.10 Å². The standard InChI is InChI=1S/C18H18N2O3/c1-13(23-17-7-5-15(12-19)6-8-17)18(22)20-10-9-14-3-2-4-16(21)11-14/h2-8,11,13,21H,9-10H2,1H3,(H,20,22). The van der Waals surface area contributed by atoms with Crippen molar-refractivity contribution in [3.8, 4) is 17.6 Å². The van der Waals surface area contributed by atoms with Gasteiger partial charge in [-0.2, -0.15) is 5.26 Å². The second-order valence-electron chi connectivity index (χ2n) is 5.11. The van der Waals surface area contributed by atoms with E-state index >= 15 is 0 Å². The molecule has 0 saturated heterocycles. The molecule has 0 aliphatic carbocycles. The number of ether oxygens (including phenoxy) is 1. The second kappa shape index (κ2) is 7.85. The van der Waals surface area contributed by atoms with Crippen molar-refractivity contribution in [2.75, 3.05) is 6.54 Å². The molecule has 5 heteroatoms. The lowest BCUT2D eigenvalue weighted by atomic mass is 10.1. The molecule has 5 nitrogen and oxygen atoms in total. The lowest BCUT2D eigenvalue weighted by molar-refractivity contribution is -0.127. The van der Waals surface area contributed by atoms with Gasteiger partial charge in [0.05, 0.1) is 11.6 Å². The van der Waals surface area contributed by atoms with Gasteiger partial charge in [0.2, 0.25) is 0 Å². The van der Waals surface area contributed by atoms with Crippen LogP contribution >= 0.6 is 0 Å². The highest BCUT2D eigenvalue weighted by Gasteiger charge is 2.14. The van der Waals surface area contributed by atoms with E-state index in [-0.39, 0.29) is 11.7 Å². The van der Waals surface area contributed by atoms with Crippen LogP contribution in [0.25, 0.3) is 0 Å². The highest BCUT2D eigenvalue weighted by atomic mass is 16.5. The van der Waals surface area contributed by atoms with Crippen LogP contribution in [0.15, 0.2) is 48.5 Å². The molecule has 1 amide bonds. The number of phenols is 1. The van der Waals surface area contributed by atoms with Gasteiger partial charge in [-0.25, -0.2) is 0 Å². The molecule has 1 atom stereocenters. The Hall–Kier alpha value is -3.00. The molecule has 0 saturated carbocycles. The number of carbonyl (C=O) groups is 1. The van der Waals surface area contributed by atoms with E-state index in [1.807, 2.05) is 12.1 Å². The molecule has 0 spiro atoms. The molecule has 2 rings (SSSR count). The number of aromatic hydroxyl groups is 1. The van der Waals surface area contributed by atoms with Crippen molar-refractivity contribution in [3.63, 3.8) is 0 Å². The van der Waals surface area contributed by atoms with E-state index in [1.54, 1.807) is 49.4 Å². The summed E-state index contributed by atoms with van der Waals surface area (Å²) in [6.07, 6.45) is -0.00361. The zero-order valence-electron chi connectivity index (χ0n) is 12.8. The fourth-order valence-electron chi connectivity index (χ4n) is 2.05. The summed E-state index contributed by atoms with van der Waals surface area (Å²) < 4.78 is 5.54. The summed E-state index contributed by atoms with van der Waals surface area (Å²) in [5.74, 6) is 0.542. The van der Waals surface area contributed by atoms with Gasteiger partial charge in [0.25, 0.3) is 5.91 Å². The lowest BCUT2D eigenvalue weighted by Crippen LogP contribution is -2.37. The fourth-order valence-corrected chi connectivity index (χ4v) is 2.05. The van der Waals surface area contributed by atoms with Gasteiger partial charge >= 0.3 is 0 Å². The Morgan fingerprint density at radius 3 is 2.70 bits per heavy atom. The number of amides is 1. The molecule has 0 aromatic heterocycles. The summed E-state index contributed by atoms with van der Waals surface area (Å²) in [6.45, 7) is 2.13. The summed E-state index contributed by atoms with van der Waals surface area (Å²) in [5.41, 5.74) is 1.49. The van der Waals surface area contributed by atoms with Gasteiger partial charge in [0.1, 0.15) is 11.5 Å². The van der Waals surface area contributed by atoms with E-state index in [9.17, 15) is 9.90 Å². The predicted octanol–water partition coefficient (Wildman–Crippen LogP) is 2.39. The van der Waals surface area contributed by atoms with Gasteiger partial charge in [-0.1, -0.05) is 12.1 Å². The molecule has 1 unspecified atom stereocenters. The monoisotopic (exact) mass is 310 g/mol. The van der Waals surface area contributed by atoms with Crippen molar-refractivity contribution < 1.29 is 14.6 Å². The van der Waals surface area contributed by atoms with Crippen molar-refractivity contribution in [3.05, 3.63) is 59.7 Å². The van der Waals surface area contributed by atoms with Gasteiger partial charge in [-0.05, 0) is 55.3 Å². The third-order valence-corrected chi connectivity index (χ3v) is 3.29. The fraction of sp³-hybridized carbons (Fsp3) is 0.222. The van der Waals surface area contributed by atoms with Crippen molar-refractivity contribution in [1.29, 1.82) is 5.26 Å². The minimum absolute atomic E-state index is 0.213. The maximum Gasteiger partial charge on any atom is 0.260 e. The summed E-state index contributed by atoms with van der Waals surface area (Å²) >= 11 is 0. The van der Waals surface area contributed by atoms with Crippen LogP contribution in [-0.2, 0) is 11.2 Å². The molecule has 118 valence electrons. The summed E-state index contributed by atoms with van der Waals surface area (Å²) in [4.78, 5) is 12.0. The summed E-state index contributed by atoms with van der Waals surface area (Å²) in [5, 5.41) is 20.9. The largest absolute Gasteiger partial charge is 0.508 e. The molecule has 0 bridgehead atoms. The molecular formula is C18H18N2O3. The third kappa shape index (κ3) is 5.04. The average Bonchev–Trinajstić information content (AvgIpc) is 2.55. The first-order valence-electron chi connectivity index (χ1n) is 7.31. The van der Waals surface area contributed by atoms with E-state index in [2.05, 4.69) is 5.32 Å². The van der Waals surface area contributed by atoms with Crippen LogP contribution in [0.5, 0.6) is 11.5 Å². The Kier molecular flexibility index (Phi) is 5.59. The number of nitrogens with zero attached hydrogens (tertiary/aromatic N) is 1. The van der Waals surface area contributed by atoms with Crippen molar-refractivity contribution in [2.45, 2.75) is 19.4 Å². The van der Waals surface area contributed by atoms with Gasteiger partial charge in [0, 0.05) is 6.54 Å². The van der Waals surface area contributed by atoms with E-state index in [4.69, 9.17) is 10.00 Å². The molecule has 2 aromatic rings. The Bertz CT molecular complexity index is 705. The molecular weight excluding hydrogens is 292 g/mol.